The van der Waals surface area contributed by atoms with Gasteiger partial charge in [0.15, 0.2) is 0 Å². The first-order valence-electron chi connectivity index (χ1n) is 24.6. The first-order valence-corrected chi connectivity index (χ1v) is 24.6. The second-order valence-electron chi connectivity index (χ2n) is 18.5. The van der Waals surface area contributed by atoms with E-state index < -0.39 is 17.7 Å². The van der Waals surface area contributed by atoms with Crippen LogP contribution >= 0.6 is 0 Å². The molecule has 2 N–H and O–H groups in total. The number of carbonyl (C=O) groups is 1. The lowest BCUT2D eigenvalue weighted by molar-refractivity contribution is -0.258. The van der Waals surface area contributed by atoms with E-state index in [0.29, 0.717) is 37.2 Å². The maximum atomic E-state index is 15.0. The molecule has 6 atom stereocenters. The molecule has 1 saturated carbocycles. The van der Waals surface area contributed by atoms with Gasteiger partial charge in [-0.1, -0.05) is 107 Å². The van der Waals surface area contributed by atoms with Crippen molar-refractivity contribution in [3.63, 3.8) is 0 Å². The van der Waals surface area contributed by atoms with Crippen LogP contribution in [0.1, 0.15) is 144 Å². The molecule has 6 unspecified atom stereocenters. The normalized spacial score (nSPS) is 22.7. The van der Waals surface area contributed by atoms with Crippen molar-refractivity contribution in [1.29, 1.82) is 0 Å². The third-order valence-corrected chi connectivity index (χ3v) is 14.0. The lowest BCUT2D eigenvalue weighted by Crippen LogP contribution is -2.70. The van der Waals surface area contributed by atoms with E-state index >= 15 is 4.79 Å². The molecule has 0 bridgehead atoms. The van der Waals surface area contributed by atoms with E-state index in [1.807, 2.05) is 23.1 Å². The van der Waals surface area contributed by atoms with E-state index in [-0.39, 0.29) is 55.8 Å². The Kier molecular flexibility index (Phi) is 19.1. The predicted octanol–water partition coefficient (Wildman–Crippen LogP) is 12.4. The number of benzene rings is 3. The van der Waals surface area contributed by atoms with Crippen LogP contribution in [-0.4, -0.2) is 65.5 Å². The molecule has 2 aliphatic carbocycles. The Morgan fingerprint density at radius 3 is 2.23 bits per heavy atom. The maximum absolute atomic E-state index is 15.0. The topological polar surface area (TPSA) is 110 Å². The van der Waals surface area contributed by atoms with Crippen molar-refractivity contribution in [2.45, 2.75) is 154 Å². The number of hydrogen-bond donors (Lipinski definition) is 2. The molecule has 3 aliphatic rings. The Labute approximate surface area is 388 Å². The van der Waals surface area contributed by atoms with Crippen molar-refractivity contribution in [2.75, 3.05) is 26.9 Å². The zero-order chi connectivity index (χ0) is 46.2. The van der Waals surface area contributed by atoms with Crippen molar-refractivity contribution in [3.8, 4) is 17.2 Å². The second-order valence-corrected chi connectivity index (χ2v) is 18.5. The zero-order valence-corrected chi connectivity index (χ0v) is 39.6. The number of carbonyl (C=O) groups excluding carboxylic acids is 1. The van der Waals surface area contributed by atoms with Gasteiger partial charge in [-0.15, -0.1) is 6.58 Å². The number of rotatable bonds is 27. The molecule has 0 aromatic heterocycles. The highest BCUT2D eigenvalue weighted by Gasteiger charge is 2.65. The van der Waals surface area contributed by atoms with Crippen molar-refractivity contribution in [3.05, 3.63) is 113 Å². The fourth-order valence-corrected chi connectivity index (χ4v) is 10.6. The molecule has 1 aliphatic heterocycles. The Bertz CT molecular complexity index is 2050. The molecule has 1 amide bonds. The van der Waals surface area contributed by atoms with Gasteiger partial charge in [-0.05, 0) is 123 Å². The van der Waals surface area contributed by atoms with Gasteiger partial charge in [0, 0.05) is 44.1 Å². The first kappa shape index (κ1) is 49.9. The van der Waals surface area contributed by atoms with Gasteiger partial charge in [0.05, 0.1) is 18.2 Å². The smallest absolute Gasteiger partial charge is 0.239 e. The van der Waals surface area contributed by atoms with Gasteiger partial charge in [0.25, 0.3) is 0 Å². The SMILES string of the molecule is C=CCOC12Oc3ccc(Oc4ccc(C)c(C)c4)cc3C3C(CCCCO)C(CCCCO)C=C(C(=NOC)CC1N(Cc1ccc(F)cc1)C(=O)CCCCCCCCCCC)C32. The van der Waals surface area contributed by atoms with Gasteiger partial charge in [0.2, 0.25) is 11.7 Å². The standard InChI is InChI=1S/C55H75FN2O7/c1-6-8-9-10-11-12-13-14-15-22-52(61)58(38-41-24-26-43(56)27-25-41)51-37-49(57-62-5)47-35-42(20-16-18-31-59)46(21-17-19-32-60)53-48-36-45(64-44-28-23-39(3)40(4)34-44)29-30-50(48)65-55(51,54(47)53)63-33-7-2/h7,23-30,34-36,42,46,51,53-54,59-60H,2,6,8-22,31-33,37-38H2,1,3-5H3. The number of ether oxygens (including phenoxy) is 3. The van der Waals surface area contributed by atoms with Crippen molar-refractivity contribution in [1.82, 2.24) is 4.90 Å². The van der Waals surface area contributed by atoms with Crippen LogP contribution in [0.3, 0.4) is 0 Å². The third-order valence-electron chi connectivity index (χ3n) is 14.0. The fraction of sp³-hybridized carbons (Fsp3) is 0.564. The summed E-state index contributed by atoms with van der Waals surface area (Å²) >= 11 is 0. The van der Waals surface area contributed by atoms with Crippen LogP contribution < -0.4 is 9.47 Å². The number of halogens is 1. The zero-order valence-electron chi connectivity index (χ0n) is 39.6. The van der Waals surface area contributed by atoms with Gasteiger partial charge in [0.1, 0.15) is 36.2 Å². The van der Waals surface area contributed by atoms with E-state index in [2.05, 4.69) is 51.6 Å². The minimum Gasteiger partial charge on any atom is -0.459 e. The van der Waals surface area contributed by atoms with Gasteiger partial charge >= 0.3 is 0 Å². The van der Waals surface area contributed by atoms with Crippen molar-refractivity contribution in [2.24, 2.45) is 22.9 Å². The average molecular weight is 895 g/mol. The lowest BCUT2D eigenvalue weighted by Gasteiger charge is -2.60. The summed E-state index contributed by atoms with van der Waals surface area (Å²) in [6, 6.07) is 17.9. The molecule has 0 saturated heterocycles. The molecular weight excluding hydrogens is 820 g/mol. The largest absolute Gasteiger partial charge is 0.459 e. The summed E-state index contributed by atoms with van der Waals surface area (Å²) in [4.78, 5) is 22.6. The van der Waals surface area contributed by atoms with E-state index in [4.69, 9.17) is 24.2 Å². The molecule has 6 rings (SSSR count). The highest BCUT2D eigenvalue weighted by molar-refractivity contribution is 6.03. The molecule has 0 spiro atoms. The van der Waals surface area contributed by atoms with Crippen LogP contribution in [0.5, 0.6) is 17.2 Å². The number of amides is 1. The maximum Gasteiger partial charge on any atom is 0.239 e. The van der Waals surface area contributed by atoms with Crippen LogP contribution in [0.4, 0.5) is 4.39 Å². The van der Waals surface area contributed by atoms with Gasteiger partial charge in [-0.25, -0.2) is 4.39 Å². The summed E-state index contributed by atoms with van der Waals surface area (Å²) in [5.74, 6) is -0.106. The fourth-order valence-electron chi connectivity index (χ4n) is 10.6. The molecule has 0 radical (unpaired) electrons. The second kappa shape index (κ2) is 24.9. The summed E-state index contributed by atoms with van der Waals surface area (Å²) < 4.78 is 35.6. The molecule has 3 aromatic carbocycles. The Morgan fingerprint density at radius 2 is 1.55 bits per heavy atom. The molecule has 1 heterocycles. The van der Waals surface area contributed by atoms with E-state index in [9.17, 15) is 14.6 Å². The van der Waals surface area contributed by atoms with Gasteiger partial charge in [-0.2, -0.15) is 0 Å². The van der Waals surface area contributed by atoms with Gasteiger partial charge < -0.3 is 34.2 Å². The third kappa shape index (κ3) is 12.5. The number of oxime groups is 1. The van der Waals surface area contributed by atoms with Gasteiger partial charge in [-0.3, -0.25) is 4.79 Å². The number of nitrogens with zero attached hydrogens (tertiary/aromatic N) is 2. The van der Waals surface area contributed by atoms with Crippen LogP contribution in [0.15, 0.2) is 90.1 Å². The lowest BCUT2D eigenvalue weighted by atomic mass is 9.55. The molecule has 354 valence electrons. The predicted molar refractivity (Wildman–Crippen MR) is 257 cm³/mol. The first-order chi connectivity index (χ1) is 31.7. The minimum absolute atomic E-state index is 0.0201. The highest BCUT2D eigenvalue weighted by Crippen LogP contribution is 2.62. The number of allylic oxidation sites excluding steroid dienone is 1. The number of fused-ring (bicyclic) bond motifs is 2. The monoisotopic (exact) mass is 895 g/mol. The molecule has 3 aromatic rings. The van der Waals surface area contributed by atoms with E-state index in [1.165, 1.54) is 56.2 Å². The molecular formula is C55H75FN2O7. The average Bonchev–Trinajstić information content (AvgIpc) is 3.30. The summed E-state index contributed by atoms with van der Waals surface area (Å²) in [6.45, 7) is 11.1. The Morgan fingerprint density at radius 1 is 0.877 bits per heavy atom. The molecule has 10 heteroatoms. The van der Waals surface area contributed by atoms with E-state index in [0.717, 1.165) is 78.7 Å². The van der Waals surface area contributed by atoms with E-state index in [1.54, 1.807) is 25.3 Å². The summed E-state index contributed by atoms with van der Waals surface area (Å²) in [5, 5.41) is 24.7. The Balaban J connectivity index is 1.49. The van der Waals surface area contributed by atoms with Crippen LogP contribution in [-0.2, 0) is 20.9 Å². The van der Waals surface area contributed by atoms with Crippen LogP contribution in [0.25, 0.3) is 0 Å². The summed E-state index contributed by atoms with van der Waals surface area (Å²) in [7, 11) is 1.56. The minimum atomic E-state index is -1.39. The highest BCUT2D eigenvalue weighted by atomic mass is 19.1. The molecule has 65 heavy (non-hydrogen) atoms. The molecule has 1 fully saturated rings. The van der Waals surface area contributed by atoms with Crippen LogP contribution in [0.2, 0.25) is 0 Å². The van der Waals surface area contributed by atoms with Crippen molar-refractivity contribution >= 4 is 11.6 Å². The Hall–Kier alpha value is -4.51. The molecule has 9 nitrogen and oxygen atoms in total. The van der Waals surface area contributed by atoms with Crippen molar-refractivity contribution < 1.29 is 38.4 Å². The summed E-state index contributed by atoms with van der Waals surface area (Å²) in [5.41, 5.74) is 5.83. The quantitative estimate of drug-likeness (QED) is 0.0445. The summed E-state index contributed by atoms with van der Waals surface area (Å²) in [6.07, 6.45) is 19.7. The number of unbranched alkanes of at least 4 members (excludes halogenated alkanes) is 10. The number of aliphatic hydroxyl groups excluding tert-OH is 2. The number of aliphatic hydroxyl groups is 2. The number of aryl methyl sites for hydroxylation is 2. The number of hydrogen-bond acceptors (Lipinski definition) is 8. The van der Waals surface area contributed by atoms with Crippen LogP contribution in [0, 0.1) is 37.4 Å².